The number of hydrogen-bond acceptors (Lipinski definition) is 8. The molecule has 0 unspecified atom stereocenters. The van der Waals surface area contributed by atoms with Gasteiger partial charge in [-0.25, -0.2) is 27.1 Å². The van der Waals surface area contributed by atoms with Crippen molar-refractivity contribution >= 4 is 43.0 Å². The first-order valence-corrected chi connectivity index (χ1v) is 10.4. The Balaban J connectivity index is 2.09. The summed E-state index contributed by atoms with van der Waals surface area (Å²) in [4.78, 5) is 11.8. The van der Waals surface area contributed by atoms with Gasteiger partial charge in [-0.2, -0.15) is 10.4 Å². The lowest BCUT2D eigenvalue weighted by Gasteiger charge is -2.06. The van der Waals surface area contributed by atoms with Crippen molar-refractivity contribution in [2.24, 2.45) is 15.4 Å². The third kappa shape index (κ3) is 5.59. The molecular weight excluding hydrogens is 408 g/mol. The van der Waals surface area contributed by atoms with E-state index in [4.69, 9.17) is 15.5 Å². The first-order valence-electron chi connectivity index (χ1n) is 7.31. The van der Waals surface area contributed by atoms with Crippen LogP contribution >= 0.6 is 0 Å². The van der Waals surface area contributed by atoms with Crippen molar-refractivity contribution in [3.8, 4) is 6.07 Å². The van der Waals surface area contributed by atoms with E-state index >= 15 is 0 Å². The molecule has 0 bridgehead atoms. The number of rotatable bonds is 6. The Morgan fingerprint density at radius 1 is 0.857 bits per heavy atom. The molecule has 6 N–H and O–H groups in total. The van der Waals surface area contributed by atoms with Crippen molar-refractivity contribution in [2.45, 2.75) is 9.79 Å². The zero-order chi connectivity index (χ0) is 20.9. The highest BCUT2D eigenvalue weighted by Gasteiger charge is 2.13. The molecule has 0 atom stereocenters. The maximum atomic E-state index is 12.1. The Hall–Kier alpha value is -3.31. The van der Waals surface area contributed by atoms with E-state index in [0.717, 1.165) is 0 Å². The van der Waals surface area contributed by atoms with E-state index in [1.54, 1.807) is 6.07 Å². The van der Waals surface area contributed by atoms with Crippen LogP contribution in [0.4, 0.5) is 11.4 Å². The first-order chi connectivity index (χ1) is 13.0. The van der Waals surface area contributed by atoms with Crippen molar-refractivity contribution in [3.63, 3.8) is 0 Å². The minimum absolute atomic E-state index is 0.108. The SMILES string of the molecule is N#C/C(=N\Nc1ccc(S(N)(=O)=O)cc1)C(=O)Nc1ccc(S(N)(=O)=O)cc1. The molecule has 28 heavy (non-hydrogen) atoms. The van der Waals surface area contributed by atoms with Gasteiger partial charge in [0, 0.05) is 5.69 Å². The van der Waals surface area contributed by atoms with Gasteiger partial charge in [-0.05, 0) is 48.5 Å². The molecule has 146 valence electrons. The lowest BCUT2D eigenvalue weighted by molar-refractivity contribution is -0.110. The Kier molecular flexibility index (Phi) is 6.11. The minimum atomic E-state index is -3.86. The number of hydrogen-bond donors (Lipinski definition) is 4. The van der Waals surface area contributed by atoms with Crippen molar-refractivity contribution < 1.29 is 21.6 Å². The summed E-state index contributed by atoms with van der Waals surface area (Å²) in [6.07, 6.45) is 0. The lowest BCUT2D eigenvalue weighted by Crippen LogP contribution is -2.22. The topological polar surface area (TPSA) is 198 Å². The average Bonchev–Trinajstić information content (AvgIpc) is 2.61. The normalized spacial score (nSPS) is 12.1. The summed E-state index contributed by atoms with van der Waals surface area (Å²) in [7, 11) is -7.71. The number of nitriles is 1. The summed E-state index contributed by atoms with van der Waals surface area (Å²) in [5.41, 5.74) is 2.45. The van der Waals surface area contributed by atoms with Crippen LogP contribution < -0.4 is 21.0 Å². The van der Waals surface area contributed by atoms with E-state index in [0.29, 0.717) is 5.69 Å². The Morgan fingerprint density at radius 2 is 1.29 bits per heavy atom. The number of nitrogens with two attached hydrogens (primary N) is 2. The molecule has 0 fully saturated rings. The zero-order valence-corrected chi connectivity index (χ0v) is 15.7. The Morgan fingerprint density at radius 3 is 1.68 bits per heavy atom. The standard InChI is InChI=1S/C15H14N6O5S2/c16-9-14(21-20-11-3-7-13(8-4-11)28(18,25)26)15(22)19-10-1-5-12(6-2-10)27(17,23)24/h1-8,20H,(H,19,22)(H2,17,23,24)(H2,18,25,26)/b21-14+. The molecule has 2 aromatic rings. The third-order valence-corrected chi connectivity index (χ3v) is 5.10. The number of sulfonamides is 2. The lowest BCUT2D eigenvalue weighted by atomic mass is 10.3. The van der Waals surface area contributed by atoms with E-state index < -0.39 is 31.7 Å². The van der Waals surface area contributed by atoms with Crippen LogP contribution in [0.1, 0.15) is 0 Å². The Labute approximate surface area is 160 Å². The second-order valence-electron chi connectivity index (χ2n) is 5.28. The zero-order valence-electron chi connectivity index (χ0n) is 14.0. The van der Waals surface area contributed by atoms with Gasteiger partial charge in [0.05, 0.1) is 15.5 Å². The molecule has 0 heterocycles. The fourth-order valence-electron chi connectivity index (χ4n) is 1.88. The minimum Gasteiger partial charge on any atom is -0.320 e. The van der Waals surface area contributed by atoms with Gasteiger partial charge in [-0.15, -0.1) is 0 Å². The largest absolute Gasteiger partial charge is 0.320 e. The molecule has 0 spiro atoms. The van der Waals surface area contributed by atoms with Gasteiger partial charge in [0.2, 0.25) is 25.8 Å². The molecule has 0 aliphatic heterocycles. The smallest absolute Gasteiger partial charge is 0.287 e. The van der Waals surface area contributed by atoms with Gasteiger partial charge < -0.3 is 5.32 Å². The van der Waals surface area contributed by atoms with E-state index in [9.17, 15) is 21.6 Å². The summed E-state index contributed by atoms with van der Waals surface area (Å²) < 4.78 is 44.8. The number of amides is 1. The predicted molar refractivity (Wildman–Crippen MR) is 101 cm³/mol. The molecule has 0 aliphatic carbocycles. The van der Waals surface area contributed by atoms with E-state index in [1.807, 2.05) is 0 Å². The van der Waals surface area contributed by atoms with E-state index in [1.165, 1.54) is 48.5 Å². The highest BCUT2D eigenvalue weighted by molar-refractivity contribution is 7.89. The van der Waals surface area contributed by atoms with Crippen LogP contribution in [0, 0.1) is 11.3 Å². The number of primary sulfonamides is 2. The van der Waals surface area contributed by atoms with Crippen LogP contribution in [-0.4, -0.2) is 28.5 Å². The van der Waals surface area contributed by atoms with Crippen LogP contribution in [0.5, 0.6) is 0 Å². The predicted octanol–water partition coefficient (Wildman–Crippen LogP) is -0.0884. The number of carbonyl (C=O) groups excluding carboxylic acids is 1. The number of hydrazone groups is 1. The summed E-state index contributed by atoms with van der Waals surface area (Å²) in [6, 6.07) is 11.7. The van der Waals surface area contributed by atoms with Crippen molar-refractivity contribution in [1.82, 2.24) is 0 Å². The van der Waals surface area contributed by atoms with Gasteiger partial charge >= 0.3 is 0 Å². The second-order valence-corrected chi connectivity index (χ2v) is 8.40. The van der Waals surface area contributed by atoms with Gasteiger partial charge in [-0.3, -0.25) is 10.2 Å². The molecular formula is C15H14N6O5S2. The van der Waals surface area contributed by atoms with E-state index in [2.05, 4.69) is 15.8 Å². The van der Waals surface area contributed by atoms with Gasteiger partial charge in [0.25, 0.3) is 5.91 Å². The molecule has 1 amide bonds. The maximum absolute atomic E-state index is 12.1. The quantitative estimate of drug-likeness (QED) is 0.368. The maximum Gasteiger partial charge on any atom is 0.287 e. The summed E-state index contributed by atoms with van der Waals surface area (Å²) in [6.45, 7) is 0. The van der Waals surface area contributed by atoms with Gasteiger partial charge in [-0.1, -0.05) is 0 Å². The highest BCUT2D eigenvalue weighted by Crippen LogP contribution is 2.14. The number of carbonyl (C=O) groups is 1. The van der Waals surface area contributed by atoms with Gasteiger partial charge in [0.1, 0.15) is 6.07 Å². The number of nitrogens with zero attached hydrogens (tertiary/aromatic N) is 2. The summed E-state index contributed by atoms with van der Waals surface area (Å²) in [5, 5.41) is 25.1. The number of benzene rings is 2. The number of anilines is 2. The molecule has 0 saturated carbocycles. The van der Waals surface area contributed by atoms with Crippen LogP contribution in [0.15, 0.2) is 63.4 Å². The molecule has 13 heteroatoms. The van der Waals surface area contributed by atoms with Crippen LogP contribution in [0.25, 0.3) is 0 Å². The molecule has 0 aliphatic rings. The van der Waals surface area contributed by atoms with E-state index in [-0.39, 0.29) is 15.5 Å². The molecule has 2 aromatic carbocycles. The summed E-state index contributed by atoms with van der Waals surface area (Å²) >= 11 is 0. The Bertz CT molecular complexity index is 1160. The fraction of sp³-hybridized carbons (Fsp3) is 0. The molecule has 0 saturated heterocycles. The number of nitrogens with one attached hydrogen (secondary N) is 2. The average molecular weight is 422 g/mol. The third-order valence-electron chi connectivity index (χ3n) is 3.24. The van der Waals surface area contributed by atoms with Gasteiger partial charge in [0.15, 0.2) is 0 Å². The van der Waals surface area contributed by atoms with Crippen LogP contribution in [0.3, 0.4) is 0 Å². The van der Waals surface area contributed by atoms with Crippen LogP contribution in [0.2, 0.25) is 0 Å². The molecule has 0 aromatic heterocycles. The van der Waals surface area contributed by atoms with Crippen molar-refractivity contribution in [1.29, 1.82) is 5.26 Å². The fourth-order valence-corrected chi connectivity index (χ4v) is 2.92. The first kappa shape index (κ1) is 21.0. The summed E-state index contributed by atoms with van der Waals surface area (Å²) in [5.74, 6) is -0.848. The molecule has 11 nitrogen and oxygen atoms in total. The monoisotopic (exact) mass is 422 g/mol. The highest BCUT2D eigenvalue weighted by atomic mass is 32.2. The van der Waals surface area contributed by atoms with Crippen LogP contribution in [-0.2, 0) is 24.8 Å². The second kappa shape index (κ2) is 8.15. The van der Waals surface area contributed by atoms with Crippen molar-refractivity contribution in [2.75, 3.05) is 10.7 Å². The molecule has 2 rings (SSSR count). The van der Waals surface area contributed by atoms with Crippen molar-refractivity contribution in [3.05, 3.63) is 48.5 Å². The molecule has 0 radical (unpaired) electrons.